The first-order valence-corrected chi connectivity index (χ1v) is 8.29. The van der Waals surface area contributed by atoms with E-state index in [0.717, 1.165) is 50.4 Å². The highest BCUT2D eigenvalue weighted by Gasteiger charge is 2.18. The van der Waals surface area contributed by atoms with E-state index >= 15 is 0 Å². The molecule has 0 aromatic heterocycles. The number of para-hydroxylation sites is 2. The molecule has 5 nitrogen and oxygen atoms in total. The van der Waals surface area contributed by atoms with Gasteiger partial charge in [0.05, 0.1) is 17.5 Å². The van der Waals surface area contributed by atoms with Crippen molar-refractivity contribution < 1.29 is 9.53 Å². The maximum atomic E-state index is 12.2. The van der Waals surface area contributed by atoms with E-state index < -0.39 is 0 Å². The maximum absolute atomic E-state index is 12.2. The van der Waals surface area contributed by atoms with Gasteiger partial charge in [0.15, 0.2) is 0 Å². The average Bonchev–Trinajstić information content (AvgIpc) is 3.09. The molecule has 1 amide bonds. The zero-order chi connectivity index (χ0) is 15.2. The van der Waals surface area contributed by atoms with Crippen LogP contribution in [0.3, 0.4) is 0 Å². The minimum atomic E-state index is -0.0646. The number of piperidine rings is 1. The van der Waals surface area contributed by atoms with Gasteiger partial charge in [-0.1, -0.05) is 12.1 Å². The van der Waals surface area contributed by atoms with Crippen LogP contribution in [-0.4, -0.2) is 44.8 Å². The highest BCUT2D eigenvalue weighted by molar-refractivity contribution is 5.95. The van der Waals surface area contributed by atoms with Crippen LogP contribution in [0.2, 0.25) is 0 Å². The highest BCUT2D eigenvalue weighted by atomic mass is 16.5. The first kappa shape index (κ1) is 15.3. The number of anilines is 2. The van der Waals surface area contributed by atoms with Crippen molar-refractivity contribution in [3.63, 3.8) is 0 Å². The van der Waals surface area contributed by atoms with Gasteiger partial charge in [-0.15, -0.1) is 0 Å². The molecule has 2 N–H and O–H groups in total. The second-order valence-electron chi connectivity index (χ2n) is 6.02. The minimum Gasteiger partial charge on any atom is -0.370 e. The summed E-state index contributed by atoms with van der Waals surface area (Å²) in [6.45, 7) is 4.23. The molecule has 2 fully saturated rings. The molecule has 2 aliphatic heterocycles. The van der Waals surface area contributed by atoms with Crippen LogP contribution >= 0.6 is 0 Å². The molecule has 120 valence electrons. The van der Waals surface area contributed by atoms with Crippen molar-refractivity contribution in [1.29, 1.82) is 0 Å². The predicted molar refractivity (Wildman–Crippen MR) is 88.4 cm³/mol. The van der Waals surface area contributed by atoms with E-state index in [-0.39, 0.29) is 18.6 Å². The number of ether oxygens (including phenoxy) is 1. The summed E-state index contributed by atoms with van der Waals surface area (Å²) < 4.78 is 5.72. The van der Waals surface area contributed by atoms with Crippen molar-refractivity contribution in [2.24, 2.45) is 0 Å². The van der Waals surface area contributed by atoms with Gasteiger partial charge >= 0.3 is 0 Å². The van der Waals surface area contributed by atoms with E-state index in [2.05, 4.69) is 21.6 Å². The smallest absolute Gasteiger partial charge is 0.250 e. The SMILES string of the molecule is O=C(COC1CCNCC1)Nc1ccccc1N1CCCC1. The van der Waals surface area contributed by atoms with Crippen molar-refractivity contribution >= 4 is 17.3 Å². The van der Waals surface area contributed by atoms with E-state index in [0.29, 0.717) is 0 Å². The monoisotopic (exact) mass is 303 g/mol. The van der Waals surface area contributed by atoms with Gasteiger partial charge in [0, 0.05) is 13.1 Å². The molecule has 2 heterocycles. The van der Waals surface area contributed by atoms with Crippen molar-refractivity contribution in [2.45, 2.75) is 31.8 Å². The number of hydrogen-bond donors (Lipinski definition) is 2. The van der Waals surface area contributed by atoms with E-state index in [1.165, 1.54) is 12.8 Å². The molecule has 22 heavy (non-hydrogen) atoms. The Bertz CT molecular complexity index is 494. The zero-order valence-electron chi connectivity index (χ0n) is 13.0. The van der Waals surface area contributed by atoms with Crippen LogP contribution in [0.4, 0.5) is 11.4 Å². The Morgan fingerprint density at radius 1 is 1.23 bits per heavy atom. The summed E-state index contributed by atoms with van der Waals surface area (Å²) in [5, 5.41) is 6.30. The maximum Gasteiger partial charge on any atom is 0.250 e. The normalized spacial score (nSPS) is 19.4. The number of nitrogens with zero attached hydrogens (tertiary/aromatic N) is 1. The van der Waals surface area contributed by atoms with E-state index in [1.807, 2.05) is 18.2 Å². The highest BCUT2D eigenvalue weighted by Crippen LogP contribution is 2.28. The van der Waals surface area contributed by atoms with Gasteiger partial charge in [-0.05, 0) is 50.9 Å². The van der Waals surface area contributed by atoms with E-state index in [1.54, 1.807) is 0 Å². The van der Waals surface area contributed by atoms with Crippen LogP contribution < -0.4 is 15.5 Å². The molecule has 0 saturated carbocycles. The third-order valence-corrected chi connectivity index (χ3v) is 4.36. The van der Waals surface area contributed by atoms with Gasteiger partial charge in [0.1, 0.15) is 6.61 Å². The Morgan fingerprint density at radius 2 is 1.95 bits per heavy atom. The summed E-state index contributed by atoms with van der Waals surface area (Å²) in [6, 6.07) is 8.03. The molecular formula is C17H25N3O2. The van der Waals surface area contributed by atoms with Crippen LogP contribution in [0.5, 0.6) is 0 Å². The predicted octanol–water partition coefficient (Wildman–Crippen LogP) is 1.99. The Kier molecular flexibility index (Phi) is 5.29. The first-order valence-electron chi connectivity index (χ1n) is 8.29. The van der Waals surface area contributed by atoms with E-state index in [4.69, 9.17) is 4.74 Å². The molecular weight excluding hydrogens is 278 g/mol. The molecule has 0 aliphatic carbocycles. The Morgan fingerprint density at radius 3 is 2.73 bits per heavy atom. The minimum absolute atomic E-state index is 0.0646. The molecule has 0 atom stereocenters. The number of carbonyl (C=O) groups is 1. The largest absolute Gasteiger partial charge is 0.370 e. The molecule has 0 spiro atoms. The summed E-state index contributed by atoms with van der Waals surface area (Å²) in [5.74, 6) is -0.0646. The van der Waals surface area contributed by atoms with Gasteiger partial charge in [0.2, 0.25) is 5.91 Å². The Labute approximate surface area is 132 Å². The van der Waals surface area contributed by atoms with Crippen LogP contribution in [0.1, 0.15) is 25.7 Å². The van der Waals surface area contributed by atoms with Gasteiger partial charge in [0.25, 0.3) is 0 Å². The molecule has 0 bridgehead atoms. The van der Waals surface area contributed by atoms with Crippen LogP contribution in [-0.2, 0) is 9.53 Å². The lowest BCUT2D eigenvalue weighted by Gasteiger charge is -2.23. The lowest BCUT2D eigenvalue weighted by Crippen LogP contribution is -2.34. The lowest BCUT2D eigenvalue weighted by atomic mass is 10.1. The molecule has 5 heteroatoms. The van der Waals surface area contributed by atoms with Gasteiger partial charge in [-0.2, -0.15) is 0 Å². The van der Waals surface area contributed by atoms with Crippen molar-refractivity contribution in [2.75, 3.05) is 43.0 Å². The summed E-state index contributed by atoms with van der Waals surface area (Å²) in [6.07, 6.45) is 4.62. The van der Waals surface area contributed by atoms with Gasteiger partial charge in [-0.25, -0.2) is 0 Å². The number of hydrogen-bond acceptors (Lipinski definition) is 4. The third kappa shape index (κ3) is 3.99. The number of nitrogens with one attached hydrogen (secondary N) is 2. The topological polar surface area (TPSA) is 53.6 Å². The number of rotatable bonds is 5. The van der Waals surface area contributed by atoms with Crippen molar-refractivity contribution in [3.8, 4) is 0 Å². The standard InChI is InChI=1S/C17H25N3O2/c21-17(13-22-14-7-9-18-10-8-14)19-15-5-1-2-6-16(15)20-11-3-4-12-20/h1-2,5-6,14,18H,3-4,7-13H2,(H,19,21). The fraction of sp³-hybridized carbons (Fsp3) is 0.588. The second-order valence-corrected chi connectivity index (χ2v) is 6.02. The summed E-state index contributed by atoms with van der Waals surface area (Å²) >= 11 is 0. The van der Waals surface area contributed by atoms with Gasteiger partial charge in [-0.3, -0.25) is 4.79 Å². The van der Waals surface area contributed by atoms with Crippen molar-refractivity contribution in [1.82, 2.24) is 5.32 Å². The van der Waals surface area contributed by atoms with Crippen LogP contribution in [0.25, 0.3) is 0 Å². The lowest BCUT2D eigenvalue weighted by molar-refractivity contribution is -0.123. The molecule has 2 saturated heterocycles. The second kappa shape index (κ2) is 7.61. The molecule has 0 unspecified atom stereocenters. The number of benzene rings is 1. The molecule has 3 rings (SSSR count). The molecule has 1 aromatic carbocycles. The first-order chi connectivity index (χ1) is 10.8. The number of carbonyl (C=O) groups excluding carboxylic acids is 1. The van der Waals surface area contributed by atoms with Crippen molar-refractivity contribution in [3.05, 3.63) is 24.3 Å². The van der Waals surface area contributed by atoms with Crippen LogP contribution in [0, 0.1) is 0 Å². The zero-order valence-corrected chi connectivity index (χ0v) is 13.0. The summed E-state index contributed by atoms with van der Waals surface area (Å²) in [4.78, 5) is 14.5. The fourth-order valence-corrected chi connectivity index (χ4v) is 3.16. The molecule has 0 radical (unpaired) electrons. The van der Waals surface area contributed by atoms with Crippen LogP contribution in [0.15, 0.2) is 24.3 Å². The fourth-order valence-electron chi connectivity index (χ4n) is 3.16. The summed E-state index contributed by atoms with van der Waals surface area (Å²) in [7, 11) is 0. The average molecular weight is 303 g/mol. The molecule has 1 aromatic rings. The quantitative estimate of drug-likeness (QED) is 0.873. The Hall–Kier alpha value is -1.59. The summed E-state index contributed by atoms with van der Waals surface area (Å²) in [5.41, 5.74) is 2.01. The third-order valence-electron chi connectivity index (χ3n) is 4.36. The number of amides is 1. The Balaban J connectivity index is 1.54. The molecule has 2 aliphatic rings. The van der Waals surface area contributed by atoms with E-state index in [9.17, 15) is 4.79 Å². The van der Waals surface area contributed by atoms with Gasteiger partial charge < -0.3 is 20.3 Å².